The van der Waals surface area contributed by atoms with Crippen LogP contribution in [0.4, 0.5) is 0 Å². The van der Waals surface area contributed by atoms with Gasteiger partial charge in [-0.3, -0.25) is 4.79 Å². The second-order valence-electron chi connectivity index (χ2n) is 2.98. The summed E-state index contributed by atoms with van der Waals surface area (Å²) in [6, 6.07) is 8.05. The first kappa shape index (κ1) is 10.1. The quantitative estimate of drug-likeness (QED) is 0.749. The molecule has 1 rings (SSSR count). The fourth-order valence-electron chi connectivity index (χ4n) is 0.879. The van der Waals surface area contributed by atoms with Crippen molar-refractivity contribution in [2.75, 3.05) is 0 Å². The van der Waals surface area contributed by atoms with Crippen molar-refractivity contribution in [3.05, 3.63) is 29.8 Å². The van der Waals surface area contributed by atoms with E-state index in [0.29, 0.717) is 0 Å². The molecule has 0 heterocycles. The first-order valence-electron chi connectivity index (χ1n) is 4.12. The molecule has 0 aliphatic heterocycles. The molecule has 1 aromatic rings. The third-order valence-corrected chi connectivity index (χ3v) is 2.86. The van der Waals surface area contributed by atoms with Crippen molar-refractivity contribution in [1.29, 1.82) is 0 Å². The largest absolute Gasteiger partial charge is 0.369 e. The average molecular weight is 195 g/mol. The van der Waals surface area contributed by atoms with Crippen LogP contribution in [-0.2, 0) is 4.79 Å². The zero-order valence-corrected chi connectivity index (χ0v) is 8.60. The molecule has 70 valence electrons. The highest BCUT2D eigenvalue weighted by Gasteiger charge is 2.09. The van der Waals surface area contributed by atoms with E-state index in [1.807, 2.05) is 38.1 Å². The van der Waals surface area contributed by atoms with Crippen molar-refractivity contribution in [3.63, 3.8) is 0 Å². The third-order valence-electron chi connectivity index (χ3n) is 1.73. The summed E-state index contributed by atoms with van der Waals surface area (Å²) in [7, 11) is 0. The van der Waals surface area contributed by atoms with E-state index in [1.54, 1.807) is 0 Å². The Morgan fingerprint density at radius 1 is 1.38 bits per heavy atom. The molecule has 1 amide bonds. The van der Waals surface area contributed by atoms with Crippen molar-refractivity contribution in [2.45, 2.75) is 24.0 Å². The van der Waals surface area contributed by atoms with E-state index in [0.717, 1.165) is 4.90 Å². The van der Waals surface area contributed by atoms with Crippen LogP contribution in [-0.4, -0.2) is 11.2 Å². The van der Waals surface area contributed by atoms with Crippen LogP contribution in [0.3, 0.4) is 0 Å². The molecule has 3 heteroatoms. The van der Waals surface area contributed by atoms with Crippen molar-refractivity contribution in [2.24, 2.45) is 5.73 Å². The summed E-state index contributed by atoms with van der Waals surface area (Å²) in [6.07, 6.45) is 0. The molecule has 0 saturated heterocycles. The number of benzene rings is 1. The van der Waals surface area contributed by atoms with Gasteiger partial charge in [-0.2, -0.15) is 0 Å². The Bertz CT molecular complexity index is 294. The van der Waals surface area contributed by atoms with Crippen LogP contribution >= 0.6 is 11.8 Å². The highest BCUT2D eigenvalue weighted by atomic mass is 32.2. The van der Waals surface area contributed by atoms with Gasteiger partial charge in [0.25, 0.3) is 0 Å². The summed E-state index contributed by atoms with van der Waals surface area (Å²) in [5, 5.41) is -0.164. The summed E-state index contributed by atoms with van der Waals surface area (Å²) in [5.74, 6) is -0.273. The minimum absolute atomic E-state index is 0.164. The lowest BCUT2D eigenvalue weighted by Crippen LogP contribution is -2.22. The highest BCUT2D eigenvalue weighted by molar-refractivity contribution is 8.00. The van der Waals surface area contributed by atoms with Crippen LogP contribution in [0.5, 0.6) is 0 Å². The number of thioether (sulfide) groups is 1. The van der Waals surface area contributed by atoms with Crippen LogP contribution in [0.2, 0.25) is 0 Å². The standard InChI is InChI=1S/C10H13NOS/c1-7-3-5-9(6-4-7)13-8(2)10(11)12/h3-6,8H,1-2H3,(H2,11,12)/t8-/m1/s1. The van der Waals surface area contributed by atoms with Gasteiger partial charge in [0, 0.05) is 4.90 Å². The number of amides is 1. The molecule has 1 aromatic carbocycles. The van der Waals surface area contributed by atoms with E-state index in [-0.39, 0.29) is 11.2 Å². The van der Waals surface area contributed by atoms with Gasteiger partial charge < -0.3 is 5.73 Å². The summed E-state index contributed by atoms with van der Waals surface area (Å²) < 4.78 is 0. The van der Waals surface area contributed by atoms with Crippen LogP contribution in [0.25, 0.3) is 0 Å². The molecule has 0 saturated carbocycles. The van der Waals surface area contributed by atoms with Gasteiger partial charge >= 0.3 is 0 Å². The fraction of sp³-hybridized carbons (Fsp3) is 0.300. The van der Waals surface area contributed by atoms with Gasteiger partial charge in [0.05, 0.1) is 5.25 Å². The van der Waals surface area contributed by atoms with Crippen molar-refractivity contribution >= 4 is 17.7 Å². The number of nitrogens with two attached hydrogens (primary N) is 1. The Kier molecular flexibility index (Phi) is 3.37. The number of hydrogen-bond acceptors (Lipinski definition) is 2. The van der Waals surface area contributed by atoms with E-state index < -0.39 is 0 Å². The summed E-state index contributed by atoms with van der Waals surface area (Å²) >= 11 is 1.49. The van der Waals surface area contributed by atoms with Gasteiger partial charge in [0.15, 0.2) is 0 Å². The maximum absolute atomic E-state index is 10.8. The van der Waals surface area contributed by atoms with Gasteiger partial charge in [-0.1, -0.05) is 17.7 Å². The zero-order valence-electron chi connectivity index (χ0n) is 7.78. The van der Waals surface area contributed by atoms with Gasteiger partial charge in [0.1, 0.15) is 0 Å². The second kappa shape index (κ2) is 4.33. The van der Waals surface area contributed by atoms with Crippen LogP contribution in [0.1, 0.15) is 12.5 Å². The molecule has 0 radical (unpaired) electrons. The lowest BCUT2D eigenvalue weighted by Gasteiger charge is -2.06. The average Bonchev–Trinajstić information content (AvgIpc) is 2.08. The van der Waals surface area contributed by atoms with Gasteiger partial charge in [-0.05, 0) is 26.0 Å². The normalized spacial score (nSPS) is 12.5. The topological polar surface area (TPSA) is 43.1 Å². The molecular formula is C10H13NOS. The molecule has 0 spiro atoms. The minimum atomic E-state index is -0.273. The predicted molar refractivity (Wildman–Crippen MR) is 55.7 cm³/mol. The van der Waals surface area contributed by atoms with E-state index in [2.05, 4.69) is 0 Å². The monoisotopic (exact) mass is 195 g/mol. The van der Waals surface area contributed by atoms with Crippen molar-refractivity contribution in [3.8, 4) is 0 Å². The van der Waals surface area contributed by atoms with Gasteiger partial charge in [-0.15, -0.1) is 11.8 Å². The Balaban J connectivity index is 2.64. The molecule has 1 atom stereocenters. The van der Waals surface area contributed by atoms with E-state index in [9.17, 15) is 4.79 Å². The highest BCUT2D eigenvalue weighted by Crippen LogP contribution is 2.22. The van der Waals surface area contributed by atoms with Crippen LogP contribution in [0.15, 0.2) is 29.2 Å². The Morgan fingerprint density at radius 2 is 1.92 bits per heavy atom. The molecule has 0 aromatic heterocycles. The van der Waals surface area contributed by atoms with E-state index in [4.69, 9.17) is 5.73 Å². The minimum Gasteiger partial charge on any atom is -0.369 e. The summed E-state index contributed by atoms with van der Waals surface area (Å²) in [6.45, 7) is 3.85. The number of carbonyl (C=O) groups is 1. The molecular weight excluding hydrogens is 182 g/mol. The number of hydrogen-bond donors (Lipinski definition) is 1. The first-order valence-corrected chi connectivity index (χ1v) is 5.00. The molecule has 0 fully saturated rings. The molecule has 2 nitrogen and oxygen atoms in total. The van der Waals surface area contributed by atoms with Crippen LogP contribution in [0, 0.1) is 6.92 Å². The number of rotatable bonds is 3. The summed E-state index contributed by atoms with van der Waals surface area (Å²) in [5.41, 5.74) is 6.37. The fourth-order valence-corrected chi connectivity index (χ4v) is 1.70. The maximum Gasteiger partial charge on any atom is 0.230 e. The van der Waals surface area contributed by atoms with Crippen molar-refractivity contribution < 1.29 is 4.79 Å². The number of carbonyl (C=O) groups excluding carboxylic acids is 1. The Labute approximate surface area is 82.5 Å². The number of aryl methyl sites for hydroxylation is 1. The zero-order chi connectivity index (χ0) is 9.84. The Hall–Kier alpha value is -0.960. The first-order chi connectivity index (χ1) is 6.09. The SMILES string of the molecule is Cc1ccc(S[C@H](C)C(N)=O)cc1. The molecule has 0 bridgehead atoms. The van der Waals surface area contributed by atoms with Gasteiger partial charge in [0.2, 0.25) is 5.91 Å². The maximum atomic E-state index is 10.8. The second-order valence-corrected chi connectivity index (χ2v) is 4.39. The van der Waals surface area contributed by atoms with E-state index in [1.165, 1.54) is 17.3 Å². The molecule has 0 aliphatic carbocycles. The van der Waals surface area contributed by atoms with Gasteiger partial charge in [-0.25, -0.2) is 0 Å². The third kappa shape index (κ3) is 3.11. The summed E-state index contributed by atoms with van der Waals surface area (Å²) in [4.78, 5) is 11.9. The molecule has 2 N–H and O–H groups in total. The van der Waals surface area contributed by atoms with E-state index >= 15 is 0 Å². The number of primary amides is 1. The molecule has 0 aliphatic rings. The van der Waals surface area contributed by atoms with Crippen molar-refractivity contribution in [1.82, 2.24) is 0 Å². The predicted octanol–water partition coefficient (Wildman–Crippen LogP) is 1.96. The molecule has 13 heavy (non-hydrogen) atoms. The lowest BCUT2D eigenvalue weighted by atomic mass is 10.2. The molecule has 0 unspecified atom stereocenters. The Morgan fingerprint density at radius 3 is 2.38 bits per heavy atom. The lowest BCUT2D eigenvalue weighted by molar-refractivity contribution is -0.117. The van der Waals surface area contributed by atoms with Crippen LogP contribution < -0.4 is 5.73 Å². The smallest absolute Gasteiger partial charge is 0.230 e.